The summed E-state index contributed by atoms with van der Waals surface area (Å²) in [6, 6.07) is 23.0. The molecule has 4 rings (SSSR count). The van der Waals surface area contributed by atoms with Gasteiger partial charge in [0.15, 0.2) is 0 Å². The number of carbonyl (C=O) groups excluding carboxylic acids is 1. The number of nitrogens with one attached hydrogen (secondary N) is 1. The van der Waals surface area contributed by atoms with E-state index in [9.17, 15) is 4.79 Å². The summed E-state index contributed by atoms with van der Waals surface area (Å²) < 4.78 is 5.57. The molecule has 3 aromatic carbocycles. The van der Waals surface area contributed by atoms with Crippen molar-refractivity contribution in [1.29, 1.82) is 0 Å². The molecule has 0 atom stereocenters. The van der Waals surface area contributed by atoms with Gasteiger partial charge in [0, 0.05) is 25.3 Å². The summed E-state index contributed by atoms with van der Waals surface area (Å²) in [4.78, 5) is 15.2. The van der Waals surface area contributed by atoms with E-state index in [0.29, 0.717) is 25.4 Å². The van der Waals surface area contributed by atoms with Crippen molar-refractivity contribution < 1.29 is 11.0 Å². The lowest BCUT2D eigenvalue weighted by molar-refractivity contribution is 0.0823. The molecule has 0 spiro atoms. The van der Waals surface area contributed by atoms with Gasteiger partial charge in [-0.25, -0.2) is 0 Å². The fourth-order valence-electron chi connectivity index (χ4n) is 4.07. The fourth-order valence-corrected chi connectivity index (χ4v) is 4.07. The molecule has 4 nitrogen and oxygen atoms in total. The second-order valence-electron chi connectivity index (χ2n) is 8.44. The van der Waals surface area contributed by atoms with Crippen LogP contribution in [0.15, 0.2) is 78.7 Å². The number of benzene rings is 3. The number of hydrogen-bond donors (Lipinski definition) is 1. The van der Waals surface area contributed by atoms with Crippen molar-refractivity contribution in [3.05, 3.63) is 106 Å². The third kappa shape index (κ3) is 6.80. The van der Waals surface area contributed by atoms with Crippen LogP contribution in [-0.2, 0) is 17.8 Å². The zero-order valence-electron chi connectivity index (χ0n) is 21.5. The van der Waals surface area contributed by atoms with Gasteiger partial charge in [-0.05, 0) is 61.2 Å². The Balaban J connectivity index is 0.00000148. The van der Waals surface area contributed by atoms with Crippen molar-refractivity contribution in [2.24, 2.45) is 0 Å². The molecule has 1 aliphatic heterocycles. The van der Waals surface area contributed by atoms with Gasteiger partial charge in [0.1, 0.15) is 0 Å². The van der Waals surface area contributed by atoms with E-state index in [1.165, 1.54) is 22.3 Å². The molecule has 184 valence electrons. The molecule has 0 bridgehead atoms. The maximum atomic E-state index is 13.4. The summed E-state index contributed by atoms with van der Waals surface area (Å²) in [6.45, 7) is 9.63. The van der Waals surface area contributed by atoms with Crippen LogP contribution in [-0.4, -0.2) is 31.1 Å². The Labute approximate surface area is 211 Å². The topological polar surface area (TPSA) is 41.6 Å². The van der Waals surface area contributed by atoms with Crippen LogP contribution >= 0.6 is 0 Å². The van der Waals surface area contributed by atoms with E-state index in [1.54, 1.807) is 11.1 Å². The number of carbonyl (C=O) groups is 1. The highest BCUT2D eigenvalue weighted by Crippen LogP contribution is 2.25. The number of ether oxygens (including phenoxy) is 1. The minimum atomic E-state index is -0.000319. The second-order valence-corrected chi connectivity index (χ2v) is 8.44. The highest BCUT2D eigenvalue weighted by Gasteiger charge is 2.21. The van der Waals surface area contributed by atoms with Crippen LogP contribution in [0.2, 0.25) is 0 Å². The van der Waals surface area contributed by atoms with Gasteiger partial charge < -0.3 is 9.64 Å². The van der Waals surface area contributed by atoms with Crippen LogP contribution in [0.5, 0.6) is 0 Å². The van der Waals surface area contributed by atoms with E-state index in [0.717, 1.165) is 23.1 Å². The number of aryl methyl sites for hydroxylation is 1. The lowest BCUT2D eigenvalue weighted by Gasteiger charge is -2.19. The molecule has 0 unspecified atom stereocenters. The van der Waals surface area contributed by atoms with E-state index in [2.05, 4.69) is 66.5 Å². The van der Waals surface area contributed by atoms with Gasteiger partial charge in [-0.1, -0.05) is 85.8 Å². The summed E-state index contributed by atoms with van der Waals surface area (Å²) in [6.07, 6.45) is 2.56. The average molecular weight is 471 g/mol. The van der Waals surface area contributed by atoms with Crippen molar-refractivity contribution in [3.63, 3.8) is 0 Å². The SMILES string of the molecule is CC.CNCOCc1ccc2c(c1)C(=O)N(CCc1cccc(-c3cccc(C)c3)c1)C=C=C2C.[HH]. The maximum absolute atomic E-state index is 13.4. The minimum Gasteiger partial charge on any atom is -0.362 e. The average Bonchev–Trinajstić information content (AvgIpc) is 3.00. The van der Waals surface area contributed by atoms with Crippen LogP contribution < -0.4 is 5.32 Å². The quantitative estimate of drug-likeness (QED) is 0.223. The van der Waals surface area contributed by atoms with Crippen LogP contribution in [0.3, 0.4) is 0 Å². The Morgan fingerprint density at radius 3 is 2.40 bits per heavy atom. The number of hydrogen-bond acceptors (Lipinski definition) is 3. The van der Waals surface area contributed by atoms with Crippen molar-refractivity contribution in [1.82, 2.24) is 10.2 Å². The van der Waals surface area contributed by atoms with Crippen LogP contribution in [0.1, 0.15) is 54.8 Å². The molecule has 3 aromatic rings. The molecule has 0 aliphatic carbocycles. The first kappa shape index (κ1) is 26.2. The number of rotatable bonds is 8. The van der Waals surface area contributed by atoms with Gasteiger partial charge in [-0.2, -0.15) is 0 Å². The second kappa shape index (κ2) is 12.9. The molecule has 0 fully saturated rings. The molecular weight excluding hydrogens is 432 g/mol. The predicted molar refractivity (Wildman–Crippen MR) is 147 cm³/mol. The highest BCUT2D eigenvalue weighted by molar-refractivity contribution is 6.00. The fraction of sp³-hybridized carbons (Fsp3) is 0.290. The summed E-state index contributed by atoms with van der Waals surface area (Å²) in [5, 5.41) is 2.97. The molecule has 1 aliphatic rings. The Kier molecular flexibility index (Phi) is 9.63. The first-order valence-electron chi connectivity index (χ1n) is 12.3. The zero-order chi connectivity index (χ0) is 25.2. The smallest absolute Gasteiger partial charge is 0.258 e. The van der Waals surface area contributed by atoms with Gasteiger partial charge in [0.2, 0.25) is 0 Å². The van der Waals surface area contributed by atoms with Crippen molar-refractivity contribution in [2.45, 2.75) is 40.7 Å². The van der Waals surface area contributed by atoms with Gasteiger partial charge in [-0.15, -0.1) is 0 Å². The molecule has 0 radical (unpaired) electrons. The van der Waals surface area contributed by atoms with Gasteiger partial charge in [0.25, 0.3) is 5.91 Å². The van der Waals surface area contributed by atoms with Crippen LogP contribution in [0.4, 0.5) is 0 Å². The highest BCUT2D eigenvalue weighted by atomic mass is 16.5. The van der Waals surface area contributed by atoms with E-state index < -0.39 is 0 Å². The largest absolute Gasteiger partial charge is 0.362 e. The number of fused-ring (bicyclic) bond motifs is 1. The lowest BCUT2D eigenvalue weighted by Crippen LogP contribution is -2.28. The zero-order valence-corrected chi connectivity index (χ0v) is 21.5. The minimum absolute atomic E-state index is 0. The Morgan fingerprint density at radius 2 is 1.66 bits per heavy atom. The van der Waals surface area contributed by atoms with E-state index >= 15 is 0 Å². The predicted octanol–water partition coefficient (Wildman–Crippen LogP) is 6.84. The monoisotopic (exact) mass is 470 g/mol. The number of amides is 1. The first-order chi connectivity index (χ1) is 17.0. The molecule has 1 N–H and O–H groups in total. The number of allylic oxidation sites excluding steroid dienone is 1. The normalized spacial score (nSPS) is 12.4. The summed E-state index contributed by atoms with van der Waals surface area (Å²) in [5.74, 6) is -0.000319. The third-order valence-electron chi connectivity index (χ3n) is 5.85. The van der Waals surface area contributed by atoms with Crippen molar-refractivity contribution in [3.8, 4) is 11.1 Å². The Hall–Kier alpha value is -3.43. The van der Waals surface area contributed by atoms with Gasteiger partial charge >= 0.3 is 0 Å². The molecule has 4 heteroatoms. The van der Waals surface area contributed by atoms with E-state index in [4.69, 9.17) is 4.74 Å². The van der Waals surface area contributed by atoms with Gasteiger partial charge in [-0.3, -0.25) is 10.1 Å². The third-order valence-corrected chi connectivity index (χ3v) is 5.85. The van der Waals surface area contributed by atoms with Crippen molar-refractivity contribution >= 4 is 11.5 Å². The molecule has 1 amide bonds. The molecule has 0 aromatic heterocycles. The first-order valence-corrected chi connectivity index (χ1v) is 12.3. The maximum Gasteiger partial charge on any atom is 0.258 e. The lowest BCUT2D eigenvalue weighted by atomic mass is 9.98. The molecule has 0 saturated carbocycles. The summed E-state index contributed by atoms with van der Waals surface area (Å²) in [5.41, 5.74) is 11.7. The molecule has 0 saturated heterocycles. The van der Waals surface area contributed by atoms with Crippen LogP contribution in [0.25, 0.3) is 16.7 Å². The molecule has 1 heterocycles. The molecule has 35 heavy (non-hydrogen) atoms. The Morgan fingerprint density at radius 1 is 0.914 bits per heavy atom. The van der Waals surface area contributed by atoms with Gasteiger partial charge in [0.05, 0.1) is 13.3 Å². The number of nitrogens with zero attached hydrogens (tertiary/aromatic N) is 1. The van der Waals surface area contributed by atoms with E-state index in [1.807, 2.05) is 46.0 Å². The summed E-state index contributed by atoms with van der Waals surface area (Å²) >= 11 is 0. The molecular formula is C31H38N2O2. The summed E-state index contributed by atoms with van der Waals surface area (Å²) in [7, 11) is 1.84. The van der Waals surface area contributed by atoms with Crippen molar-refractivity contribution in [2.75, 3.05) is 20.3 Å². The van der Waals surface area contributed by atoms with Crippen LogP contribution in [0, 0.1) is 6.92 Å². The van der Waals surface area contributed by atoms with E-state index in [-0.39, 0.29) is 7.33 Å². The Bertz CT molecular complexity index is 1230. The standard InChI is InChI=1S/C29H30N2O2.C2H6.H2/c1-21-6-4-8-25(16-21)26-9-5-7-23(17-26)13-15-31-14-12-22(2)27-11-10-24(19-33-20-30-3)18-28(27)29(31)32;1-2;/h4-11,14,16-18,30H,13,15,19-20H2,1-3H3;1-2H3;1H.